The van der Waals surface area contributed by atoms with Gasteiger partial charge in [-0.3, -0.25) is 0 Å². The number of benzene rings is 2. The molecule has 0 aromatic heterocycles. The Balaban J connectivity index is 2.27. The first-order valence-electron chi connectivity index (χ1n) is 7.09. The lowest BCUT2D eigenvalue weighted by molar-refractivity contribution is 0.590. The smallest absolute Gasteiger partial charge is 0.0647 e. The summed E-state index contributed by atoms with van der Waals surface area (Å²) in [5, 5.41) is 1.54. The van der Waals surface area contributed by atoms with Crippen LogP contribution in [0.3, 0.4) is 0 Å². The highest BCUT2D eigenvalue weighted by Crippen LogP contribution is 2.25. The second-order valence-electron chi connectivity index (χ2n) is 6.60. The Labute approximate surface area is 119 Å². The van der Waals surface area contributed by atoms with Gasteiger partial charge in [0.05, 0.1) is 8.80 Å². The monoisotopic (exact) mass is 268 g/mol. The molecule has 0 saturated heterocycles. The minimum absolute atomic E-state index is 0.228. The molecule has 0 saturated carbocycles. The van der Waals surface area contributed by atoms with Crippen molar-refractivity contribution in [2.24, 2.45) is 0 Å². The molecule has 0 nitrogen and oxygen atoms in total. The van der Waals surface area contributed by atoms with Crippen molar-refractivity contribution in [1.29, 1.82) is 0 Å². The lowest BCUT2D eigenvalue weighted by Crippen LogP contribution is -2.21. The number of hydrogen-bond donors (Lipinski definition) is 0. The van der Waals surface area contributed by atoms with Crippen LogP contribution in [0.2, 0.25) is 13.1 Å². The van der Waals surface area contributed by atoms with Crippen molar-refractivity contribution in [1.82, 2.24) is 0 Å². The fourth-order valence-electron chi connectivity index (χ4n) is 2.22. The fraction of sp³-hybridized carbons (Fsp3) is 0.333. The van der Waals surface area contributed by atoms with E-state index in [0.717, 1.165) is 0 Å². The van der Waals surface area contributed by atoms with Gasteiger partial charge >= 0.3 is 0 Å². The summed E-state index contributed by atoms with van der Waals surface area (Å²) < 4.78 is 0. The van der Waals surface area contributed by atoms with Crippen LogP contribution in [0.25, 0.3) is 11.1 Å². The third-order valence-electron chi connectivity index (χ3n) is 3.66. The third-order valence-corrected chi connectivity index (χ3v) is 5.38. The minimum Gasteiger partial charge on any atom is -0.0682 e. The highest BCUT2D eigenvalue weighted by Gasteiger charge is 2.13. The number of rotatable bonds is 2. The summed E-state index contributed by atoms with van der Waals surface area (Å²) >= 11 is 0. The molecular formula is C18H24Si. The summed E-state index contributed by atoms with van der Waals surface area (Å²) in [6.07, 6.45) is 0. The van der Waals surface area contributed by atoms with Gasteiger partial charge in [0.25, 0.3) is 0 Å². The molecule has 0 spiro atoms. The van der Waals surface area contributed by atoms with Gasteiger partial charge in [-0.1, -0.05) is 87.6 Å². The van der Waals surface area contributed by atoms with Crippen LogP contribution >= 0.6 is 0 Å². The summed E-state index contributed by atoms with van der Waals surface area (Å²) in [5.41, 5.74) is 4.25. The molecule has 19 heavy (non-hydrogen) atoms. The highest BCUT2D eigenvalue weighted by molar-refractivity contribution is 6.70. The van der Waals surface area contributed by atoms with Crippen molar-refractivity contribution in [2.45, 2.75) is 39.3 Å². The van der Waals surface area contributed by atoms with Crippen LogP contribution in [-0.4, -0.2) is 8.80 Å². The van der Waals surface area contributed by atoms with Crippen LogP contribution in [0.15, 0.2) is 48.5 Å². The van der Waals surface area contributed by atoms with Crippen molar-refractivity contribution in [3.8, 4) is 11.1 Å². The molecule has 0 radical (unpaired) electrons. The molecule has 0 amide bonds. The summed E-state index contributed by atoms with van der Waals surface area (Å²) in [6, 6.07) is 18.1. The Bertz CT molecular complexity index is 527. The molecule has 0 aliphatic heterocycles. The molecule has 0 aliphatic rings. The van der Waals surface area contributed by atoms with Gasteiger partial charge in [-0.25, -0.2) is 0 Å². The standard InChI is InChI=1S/C18H24Si/c1-18(2,3)16-10-6-14(7-11-16)15-8-12-17(13-9-15)19(4)5/h6-13,19H,1-5H3. The predicted octanol–water partition coefficient (Wildman–Crippen LogP) is 4.34. The van der Waals surface area contributed by atoms with E-state index in [1.165, 1.54) is 21.9 Å². The maximum Gasteiger partial charge on any atom is 0.0647 e. The maximum absolute atomic E-state index is 2.37. The van der Waals surface area contributed by atoms with Crippen molar-refractivity contribution in [3.05, 3.63) is 54.1 Å². The number of hydrogen-bond acceptors (Lipinski definition) is 0. The van der Waals surface area contributed by atoms with E-state index in [2.05, 4.69) is 82.4 Å². The van der Waals surface area contributed by atoms with Gasteiger partial charge in [0, 0.05) is 0 Å². The molecule has 0 atom stereocenters. The van der Waals surface area contributed by atoms with E-state index in [1.807, 2.05) is 0 Å². The van der Waals surface area contributed by atoms with Gasteiger partial charge in [0.2, 0.25) is 0 Å². The zero-order chi connectivity index (χ0) is 14.0. The molecule has 2 aromatic carbocycles. The SMILES string of the molecule is C[SiH](C)c1ccc(-c2ccc(C(C)(C)C)cc2)cc1. The highest BCUT2D eigenvalue weighted by atomic mass is 28.3. The molecule has 0 aliphatic carbocycles. The first-order chi connectivity index (χ1) is 8.88. The largest absolute Gasteiger partial charge is 0.0682 e. The third kappa shape index (κ3) is 3.36. The Morgan fingerprint density at radius 1 is 0.684 bits per heavy atom. The van der Waals surface area contributed by atoms with Crippen LogP contribution in [0, 0.1) is 0 Å². The molecule has 2 rings (SSSR count). The zero-order valence-electron chi connectivity index (χ0n) is 12.7. The Morgan fingerprint density at radius 3 is 1.47 bits per heavy atom. The molecule has 0 unspecified atom stereocenters. The van der Waals surface area contributed by atoms with Gasteiger partial charge in [-0.05, 0) is 22.1 Å². The van der Waals surface area contributed by atoms with E-state index >= 15 is 0 Å². The lowest BCUT2D eigenvalue weighted by atomic mass is 9.86. The molecule has 0 fully saturated rings. The Kier molecular flexibility index (Phi) is 3.95. The second-order valence-corrected chi connectivity index (χ2v) is 9.58. The summed E-state index contributed by atoms with van der Waals surface area (Å²) in [5.74, 6) is 0. The minimum atomic E-state index is -0.674. The van der Waals surface area contributed by atoms with Crippen molar-refractivity contribution in [2.75, 3.05) is 0 Å². The molecule has 1 heteroatoms. The van der Waals surface area contributed by atoms with E-state index in [4.69, 9.17) is 0 Å². The van der Waals surface area contributed by atoms with Gasteiger partial charge < -0.3 is 0 Å². The van der Waals surface area contributed by atoms with E-state index in [0.29, 0.717) is 0 Å². The first kappa shape index (κ1) is 14.1. The normalized spacial score (nSPS) is 11.9. The van der Waals surface area contributed by atoms with E-state index in [-0.39, 0.29) is 5.41 Å². The van der Waals surface area contributed by atoms with Crippen LogP contribution in [0.4, 0.5) is 0 Å². The van der Waals surface area contributed by atoms with Gasteiger partial charge in [-0.15, -0.1) is 0 Å². The van der Waals surface area contributed by atoms with Gasteiger partial charge in [0.15, 0.2) is 0 Å². The first-order valence-corrected chi connectivity index (χ1v) is 9.97. The average molecular weight is 268 g/mol. The predicted molar refractivity (Wildman–Crippen MR) is 89.1 cm³/mol. The summed E-state index contributed by atoms with van der Waals surface area (Å²) in [6.45, 7) is 11.5. The topological polar surface area (TPSA) is 0 Å². The quantitative estimate of drug-likeness (QED) is 0.711. The van der Waals surface area contributed by atoms with Crippen molar-refractivity contribution < 1.29 is 0 Å². The maximum atomic E-state index is 2.37. The van der Waals surface area contributed by atoms with Crippen LogP contribution in [0.5, 0.6) is 0 Å². The summed E-state index contributed by atoms with van der Waals surface area (Å²) in [7, 11) is -0.674. The molecule has 100 valence electrons. The average Bonchev–Trinajstić information content (AvgIpc) is 2.38. The van der Waals surface area contributed by atoms with E-state index < -0.39 is 8.80 Å². The molecular weight excluding hydrogens is 244 g/mol. The zero-order valence-corrected chi connectivity index (χ0v) is 13.9. The van der Waals surface area contributed by atoms with E-state index in [9.17, 15) is 0 Å². The summed E-state index contributed by atoms with van der Waals surface area (Å²) in [4.78, 5) is 0. The second kappa shape index (κ2) is 5.34. The van der Waals surface area contributed by atoms with Crippen molar-refractivity contribution in [3.63, 3.8) is 0 Å². The Hall–Kier alpha value is -1.34. The molecule has 0 heterocycles. The van der Waals surface area contributed by atoms with Crippen LogP contribution in [0.1, 0.15) is 26.3 Å². The van der Waals surface area contributed by atoms with Crippen LogP contribution < -0.4 is 5.19 Å². The molecule has 2 aromatic rings. The Morgan fingerprint density at radius 2 is 1.11 bits per heavy atom. The fourth-order valence-corrected chi connectivity index (χ4v) is 3.19. The van der Waals surface area contributed by atoms with Gasteiger partial charge in [0.1, 0.15) is 0 Å². The van der Waals surface area contributed by atoms with Gasteiger partial charge in [-0.2, -0.15) is 0 Å². The van der Waals surface area contributed by atoms with Crippen LogP contribution in [-0.2, 0) is 5.41 Å². The molecule has 0 bridgehead atoms. The lowest BCUT2D eigenvalue weighted by Gasteiger charge is -2.19. The molecule has 0 N–H and O–H groups in total. The van der Waals surface area contributed by atoms with E-state index in [1.54, 1.807) is 0 Å². The van der Waals surface area contributed by atoms with Crippen molar-refractivity contribution >= 4 is 14.0 Å².